The van der Waals surface area contributed by atoms with E-state index in [1.165, 1.54) is 0 Å². The third kappa shape index (κ3) is 3.43. The number of carbonyl (C=O) groups excluding carboxylic acids is 1. The van der Waals surface area contributed by atoms with Crippen molar-refractivity contribution in [2.75, 3.05) is 5.88 Å². The minimum absolute atomic E-state index is 0.155. The van der Waals surface area contributed by atoms with Crippen molar-refractivity contribution in [3.63, 3.8) is 0 Å². The summed E-state index contributed by atoms with van der Waals surface area (Å²) in [5, 5.41) is 2.99. The number of hydrogen-bond donors (Lipinski definition) is 1. The number of pyridine rings is 1. The molecule has 3 nitrogen and oxygen atoms in total. The molecule has 0 saturated carbocycles. The molecule has 0 unspecified atom stereocenters. The largest absolute Gasteiger partial charge is 0.344 e. The van der Waals surface area contributed by atoms with Crippen LogP contribution < -0.4 is 5.32 Å². The van der Waals surface area contributed by atoms with Crippen LogP contribution in [0.4, 0.5) is 0 Å². The first-order chi connectivity index (χ1) is 8.06. The maximum absolute atomic E-state index is 12.1. The van der Waals surface area contributed by atoms with Crippen molar-refractivity contribution in [1.29, 1.82) is 0 Å². The van der Waals surface area contributed by atoms with E-state index in [1.54, 1.807) is 6.07 Å². The van der Waals surface area contributed by atoms with Gasteiger partial charge in [-0.2, -0.15) is 0 Å². The number of aryl methyl sites for hydroxylation is 1. The van der Waals surface area contributed by atoms with E-state index in [-0.39, 0.29) is 11.4 Å². The summed E-state index contributed by atoms with van der Waals surface area (Å²) in [6.45, 7) is 5.91. The van der Waals surface area contributed by atoms with E-state index < -0.39 is 0 Å². The molecule has 17 heavy (non-hydrogen) atoms. The molecule has 1 aromatic rings. The first-order valence-electron chi connectivity index (χ1n) is 5.89. The van der Waals surface area contributed by atoms with Crippen LogP contribution in [0.3, 0.4) is 0 Å². The van der Waals surface area contributed by atoms with Crippen molar-refractivity contribution in [3.8, 4) is 0 Å². The molecule has 0 aliphatic heterocycles. The minimum Gasteiger partial charge on any atom is -0.344 e. The Morgan fingerprint density at radius 1 is 1.41 bits per heavy atom. The summed E-state index contributed by atoms with van der Waals surface area (Å²) in [4.78, 5) is 16.3. The molecule has 0 atom stereocenters. The van der Waals surface area contributed by atoms with Crippen molar-refractivity contribution in [2.45, 2.75) is 39.2 Å². The van der Waals surface area contributed by atoms with E-state index >= 15 is 0 Å². The van der Waals surface area contributed by atoms with Crippen LogP contribution >= 0.6 is 11.6 Å². The van der Waals surface area contributed by atoms with Gasteiger partial charge in [0.1, 0.15) is 5.69 Å². The van der Waals surface area contributed by atoms with Gasteiger partial charge >= 0.3 is 0 Å². The van der Waals surface area contributed by atoms with Crippen LogP contribution in [0.15, 0.2) is 18.2 Å². The zero-order valence-electron chi connectivity index (χ0n) is 10.6. The van der Waals surface area contributed by atoms with Crippen LogP contribution in [-0.4, -0.2) is 22.3 Å². The maximum atomic E-state index is 12.1. The number of amides is 1. The standard InChI is InChI=1S/C13H19ClN2O/c1-4-13(5-2,9-14)16-12(17)11-8-6-7-10(3)15-11/h6-8H,4-5,9H2,1-3H3,(H,16,17). The van der Waals surface area contributed by atoms with E-state index in [0.717, 1.165) is 18.5 Å². The Balaban J connectivity index is 2.84. The number of carbonyl (C=O) groups is 1. The van der Waals surface area contributed by atoms with Crippen LogP contribution in [0, 0.1) is 6.92 Å². The second-order valence-electron chi connectivity index (χ2n) is 4.24. The monoisotopic (exact) mass is 254 g/mol. The molecule has 0 saturated heterocycles. The Morgan fingerprint density at radius 2 is 2.06 bits per heavy atom. The van der Waals surface area contributed by atoms with Gasteiger partial charge in [-0.25, -0.2) is 4.98 Å². The summed E-state index contributed by atoms with van der Waals surface area (Å²) in [5.41, 5.74) is 0.952. The molecular weight excluding hydrogens is 236 g/mol. The molecule has 0 bridgehead atoms. The van der Waals surface area contributed by atoms with Gasteiger partial charge in [-0.15, -0.1) is 11.6 Å². The normalized spacial score (nSPS) is 11.3. The first kappa shape index (κ1) is 14.0. The average Bonchev–Trinajstić information content (AvgIpc) is 2.36. The molecule has 0 aliphatic rings. The average molecular weight is 255 g/mol. The molecule has 1 aromatic heterocycles. The SMILES string of the molecule is CCC(CC)(CCl)NC(=O)c1cccc(C)n1. The molecule has 1 heterocycles. The van der Waals surface area contributed by atoms with E-state index in [0.29, 0.717) is 11.6 Å². The van der Waals surface area contributed by atoms with Crippen molar-refractivity contribution < 1.29 is 4.79 Å². The zero-order chi connectivity index (χ0) is 12.9. The van der Waals surface area contributed by atoms with Gasteiger partial charge in [0.15, 0.2) is 0 Å². The lowest BCUT2D eigenvalue weighted by molar-refractivity contribution is 0.0897. The molecule has 1 N–H and O–H groups in total. The molecule has 0 aliphatic carbocycles. The molecule has 94 valence electrons. The first-order valence-corrected chi connectivity index (χ1v) is 6.42. The number of halogens is 1. The van der Waals surface area contributed by atoms with Crippen LogP contribution in [0.1, 0.15) is 42.9 Å². The smallest absolute Gasteiger partial charge is 0.270 e. The Bertz CT molecular complexity index is 380. The van der Waals surface area contributed by atoms with E-state index in [1.807, 2.05) is 32.9 Å². The lowest BCUT2D eigenvalue weighted by atomic mass is 9.95. The Morgan fingerprint density at radius 3 is 2.53 bits per heavy atom. The minimum atomic E-state index is -0.329. The molecule has 1 rings (SSSR count). The molecule has 0 fully saturated rings. The fourth-order valence-electron chi connectivity index (χ4n) is 1.62. The topological polar surface area (TPSA) is 42.0 Å². The highest BCUT2D eigenvalue weighted by molar-refractivity contribution is 6.18. The van der Waals surface area contributed by atoms with Gasteiger partial charge in [0, 0.05) is 11.6 Å². The summed E-state index contributed by atoms with van der Waals surface area (Å²) in [6.07, 6.45) is 1.62. The zero-order valence-corrected chi connectivity index (χ0v) is 11.3. The molecular formula is C13H19ClN2O. The van der Waals surface area contributed by atoms with Gasteiger partial charge in [-0.3, -0.25) is 4.79 Å². The fourth-order valence-corrected chi connectivity index (χ4v) is 2.07. The van der Waals surface area contributed by atoms with Crippen LogP contribution in [0.5, 0.6) is 0 Å². The van der Waals surface area contributed by atoms with Gasteiger partial charge in [-0.05, 0) is 31.9 Å². The highest BCUT2D eigenvalue weighted by Crippen LogP contribution is 2.17. The van der Waals surface area contributed by atoms with Gasteiger partial charge in [-0.1, -0.05) is 19.9 Å². The second kappa shape index (κ2) is 6.01. The van der Waals surface area contributed by atoms with E-state index in [4.69, 9.17) is 11.6 Å². The predicted molar refractivity (Wildman–Crippen MR) is 70.5 cm³/mol. The van der Waals surface area contributed by atoms with Crippen LogP contribution in [0.25, 0.3) is 0 Å². The predicted octanol–water partition coefficient (Wildman–Crippen LogP) is 2.92. The van der Waals surface area contributed by atoms with Gasteiger partial charge in [0.2, 0.25) is 0 Å². The summed E-state index contributed by atoms with van der Waals surface area (Å²) in [6, 6.07) is 5.41. The Kier molecular flexibility index (Phi) is 4.94. The molecule has 0 radical (unpaired) electrons. The van der Waals surface area contributed by atoms with Crippen LogP contribution in [0.2, 0.25) is 0 Å². The number of alkyl halides is 1. The fraction of sp³-hybridized carbons (Fsp3) is 0.538. The molecule has 0 aromatic carbocycles. The van der Waals surface area contributed by atoms with E-state index in [9.17, 15) is 4.79 Å². The van der Waals surface area contributed by atoms with Crippen molar-refractivity contribution in [2.24, 2.45) is 0 Å². The molecule has 0 spiro atoms. The van der Waals surface area contributed by atoms with Gasteiger partial charge in [0.05, 0.1) is 5.54 Å². The number of nitrogens with one attached hydrogen (secondary N) is 1. The van der Waals surface area contributed by atoms with Crippen LogP contribution in [-0.2, 0) is 0 Å². The summed E-state index contributed by atoms with van der Waals surface area (Å²) < 4.78 is 0. The van der Waals surface area contributed by atoms with E-state index in [2.05, 4.69) is 10.3 Å². The summed E-state index contributed by atoms with van der Waals surface area (Å²) >= 11 is 5.95. The summed E-state index contributed by atoms with van der Waals surface area (Å²) in [7, 11) is 0. The second-order valence-corrected chi connectivity index (χ2v) is 4.51. The van der Waals surface area contributed by atoms with Gasteiger partial charge < -0.3 is 5.32 Å². The van der Waals surface area contributed by atoms with Crippen molar-refractivity contribution in [1.82, 2.24) is 10.3 Å². The highest BCUT2D eigenvalue weighted by atomic mass is 35.5. The number of rotatable bonds is 5. The number of nitrogens with zero attached hydrogens (tertiary/aromatic N) is 1. The summed E-state index contributed by atoms with van der Waals surface area (Å²) in [5.74, 6) is 0.260. The Labute approximate surface area is 108 Å². The number of aromatic nitrogens is 1. The number of hydrogen-bond acceptors (Lipinski definition) is 2. The molecule has 4 heteroatoms. The lowest BCUT2D eigenvalue weighted by Crippen LogP contribution is -2.49. The third-order valence-electron chi connectivity index (χ3n) is 3.11. The van der Waals surface area contributed by atoms with Gasteiger partial charge in [0.25, 0.3) is 5.91 Å². The third-order valence-corrected chi connectivity index (χ3v) is 3.62. The highest BCUT2D eigenvalue weighted by Gasteiger charge is 2.27. The molecule has 1 amide bonds. The quantitative estimate of drug-likeness (QED) is 0.821. The lowest BCUT2D eigenvalue weighted by Gasteiger charge is -2.30. The maximum Gasteiger partial charge on any atom is 0.270 e. The van der Waals surface area contributed by atoms with Crippen molar-refractivity contribution >= 4 is 17.5 Å². The Hall–Kier alpha value is -1.09. The van der Waals surface area contributed by atoms with Crippen molar-refractivity contribution in [3.05, 3.63) is 29.6 Å².